The maximum Gasteiger partial charge on any atom is 0.152 e. The minimum Gasteiger partial charge on any atom is -0.373 e. The molecule has 7 heteroatoms. The molecule has 1 heterocycles. The van der Waals surface area contributed by atoms with Crippen molar-refractivity contribution in [3.63, 3.8) is 0 Å². The number of benzene rings is 1. The zero-order valence-corrected chi connectivity index (χ0v) is 10.1. The lowest BCUT2D eigenvalue weighted by molar-refractivity contribution is 0.546. The summed E-state index contributed by atoms with van der Waals surface area (Å²) in [6, 6.07) is 1.22. The van der Waals surface area contributed by atoms with E-state index < -0.39 is 23.1 Å². The van der Waals surface area contributed by atoms with Gasteiger partial charge in [0.2, 0.25) is 0 Å². The fourth-order valence-electron chi connectivity index (χ4n) is 1.47. The number of aromatic nitrogens is 2. The molecule has 0 bridgehead atoms. The largest absolute Gasteiger partial charge is 0.373 e. The van der Waals surface area contributed by atoms with Crippen molar-refractivity contribution in [3.8, 4) is 0 Å². The van der Waals surface area contributed by atoms with E-state index in [2.05, 4.69) is 10.3 Å². The molecule has 0 aliphatic heterocycles. The standard InChI is InChI=1S/C11H9ClF3N3/c1-18-9(12)4-16-10(18)5-17-11-7(14)2-6(13)3-8(11)15/h2-4,17H,5H2,1H3. The summed E-state index contributed by atoms with van der Waals surface area (Å²) < 4.78 is 40.9. The van der Waals surface area contributed by atoms with Gasteiger partial charge in [-0.25, -0.2) is 18.2 Å². The zero-order chi connectivity index (χ0) is 13.3. The number of nitrogens with one attached hydrogen (secondary N) is 1. The molecule has 0 saturated heterocycles. The van der Waals surface area contributed by atoms with Crippen molar-refractivity contribution in [2.24, 2.45) is 7.05 Å². The van der Waals surface area contributed by atoms with Gasteiger partial charge in [0.25, 0.3) is 0 Å². The Hall–Kier alpha value is -1.69. The van der Waals surface area contributed by atoms with Gasteiger partial charge in [0, 0.05) is 19.2 Å². The Labute approximate surface area is 106 Å². The second kappa shape index (κ2) is 4.89. The van der Waals surface area contributed by atoms with E-state index >= 15 is 0 Å². The number of anilines is 1. The Morgan fingerprint density at radius 3 is 2.39 bits per heavy atom. The first-order valence-electron chi connectivity index (χ1n) is 5.03. The van der Waals surface area contributed by atoms with E-state index in [0.717, 1.165) is 0 Å². The molecule has 0 saturated carbocycles. The molecule has 0 aliphatic carbocycles. The summed E-state index contributed by atoms with van der Waals surface area (Å²) >= 11 is 5.77. The molecule has 1 aromatic heterocycles. The minimum atomic E-state index is -0.993. The van der Waals surface area contributed by atoms with Gasteiger partial charge in [-0.05, 0) is 0 Å². The molecule has 3 nitrogen and oxygen atoms in total. The molecule has 0 fully saturated rings. The van der Waals surface area contributed by atoms with Crippen LogP contribution in [-0.2, 0) is 13.6 Å². The van der Waals surface area contributed by atoms with Crippen LogP contribution < -0.4 is 5.32 Å². The average Bonchev–Trinajstić information content (AvgIpc) is 2.59. The Morgan fingerprint density at radius 1 is 1.28 bits per heavy atom. The van der Waals surface area contributed by atoms with Gasteiger partial charge in [-0.1, -0.05) is 11.6 Å². The Kier molecular flexibility index (Phi) is 3.47. The van der Waals surface area contributed by atoms with Gasteiger partial charge < -0.3 is 9.88 Å². The van der Waals surface area contributed by atoms with Gasteiger partial charge in [-0.2, -0.15) is 0 Å². The second-order valence-electron chi connectivity index (χ2n) is 3.65. The van der Waals surface area contributed by atoms with Crippen molar-refractivity contribution < 1.29 is 13.2 Å². The van der Waals surface area contributed by atoms with E-state index in [4.69, 9.17) is 11.6 Å². The highest BCUT2D eigenvalue weighted by molar-refractivity contribution is 6.29. The molecule has 0 amide bonds. The van der Waals surface area contributed by atoms with E-state index in [9.17, 15) is 13.2 Å². The summed E-state index contributed by atoms with van der Waals surface area (Å²) in [5.74, 6) is -2.45. The Balaban J connectivity index is 2.18. The van der Waals surface area contributed by atoms with E-state index in [1.54, 1.807) is 11.6 Å². The van der Waals surface area contributed by atoms with Gasteiger partial charge in [-0.3, -0.25) is 0 Å². The molecular weight excluding hydrogens is 267 g/mol. The predicted molar refractivity (Wildman–Crippen MR) is 61.9 cm³/mol. The van der Waals surface area contributed by atoms with Crippen LogP contribution in [0.2, 0.25) is 5.15 Å². The first kappa shape index (κ1) is 12.8. The summed E-state index contributed by atoms with van der Waals surface area (Å²) in [5.41, 5.74) is -0.393. The third kappa shape index (κ3) is 2.43. The number of nitrogens with zero attached hydrogens (tertiary/aromatic N) is 2. The SMILES string of the molecule is Cn1c(Cl)cnc1CNc1c(F)cc(F)cc1F. The lowest BCUT2D eigenvalue weighted by Gasteiger charge is -2.09. The van der Waals surface area contributed by atoms with Crippen molar-refractivity contribution in [1.29, 1.82) is 0 Å². The molecule has 0 unspecified atom stereocenters. The van der Waals surface area contributed by atoms with Crippen LogP contribution in [0.3, 0.4) is 0 Å². The molecule has 1 N–H and O–H groups in total. The van der Waals surface area contributed by atoms with E-state index in [0.29, 0.717) is 23.1 Å². The van der Waals surface area contributed by atoms with E-state index in [-0.39, 0.29) is 6.54 Å². The minimum absolute atomic E-state index is 0.0721. The van der Waals surface area contributed by atoms with Gasteiger partial charge in [0.15, 0.2) is 11.6 Å². The summed E-state index contributed by atoms with van der Waals surface area (Å²) in [5, 5.41) is 2.93. The van der Waals surface area contributed by atoms with Gasteiger partial charge in [-0.15, -0.1) is 0 Å². The fourth-order valence-corrected chi connectivity index (χ4v) is 1.61. The first-order valence-corrected chi connectivity index (χ1v) is 5.41. The van der Waals surface area contributed by atoms with Gasteiger partial charge in [0.1, 0.15) is 22.5 Å². The number of hydrogen-bond donors (Lipinski definition) is 1. The number of hydrogen-bond acceptors (Lipinski definition) is 2. The third-order valence-corrected chi connectivity index (χ3v) is 2.81. The van der Waals surface area contributed by atoms with Crippen LogP contribution in [-0.4, -0.2) is 9.55 Å². The quantitative estimate of drug-likeness (QED) is 0.933. The fraction of sp³-hybridized carbons (Fsp3) is 0.182. The Morgan fingerprint density at radius 2 is 1.89 bits per heavy atom. The smallest absolute Gasteiger partial charge is 0.152 e. The van der Waals surface area contributed by atoms with Crippen molar-refractivity contribution in [2.45, 2.75) is 6.54 Å². The summed E-state index contributed by atoms with van der Waals surface area (Å²) in [4.78, 5) is 3.96. The van der Waals surface area contributed by atoms with Crippen LogP contribution in [0.15, 0.2) is 18.3 Å². The third-order valence-electron chi connectivity index (χ3n) is 2.46. The van der Waals surface area contributed by atoms with Crippen LogP contribution in [0.1, 0.15) is 5.82 Å². The molecule has 0 radical (unpaired) electrons. The molecule has 2 aromatic rings. The van der Waals surface area contributed by atoms with Gasteiger partial charge >= 0.3 is 0 Å². The molecule has 0 atom stereocenters. The molecule has 0 aliphatic rings. The van der Waals surface area contributed by atoms with Crippen LogP contribution in [0.25, 0.3) is 0 Å². The monoisotopic (exact) mass is 275 g/mol. The summed E-state index contributed by atoms with van der Waals surface area (Å²) in [7, 11) is 1.67. The highest BCUT2D eigenvalue weighted by Gasteiger charge is 2.12. The number of rotatable bonds is 3. The molecule has 18 heavy (non-hydrogen) atoms. The van der Waals surface area contributed by atoms with Crippen molar-refractivity contribution in [3.05, 3.63) is 46.8 Å². The van der Waals surface area contributed by atoms with E-state index in [1.807, 2.05) is 0 Å². The number of halogens is 4. The van der Waals surface area contributed by atoms with Crippen LogP contribution >= 0.6 is 11.6 Å². The lowest BCUT2D eigenvalue weighted by atomic mass is 10.2. The zero-order valence-electron chi connectivity index (χ0n) is 9.35. The Bertz CT molecular complexity index is 560. The second-order valence-corrected chi connectivity index (χ2v) is 4.04. The summed E-state index contributed by atoms with van der Waals surface area (Å²) in [6.45, 7) is 0.0721. The van der Waals surface area contributed by atoms with Crippen molar-refractivity contribution >= 4 is 17.3 Å². The predicted octanol–water partition coefficient (Wildman–Crippen LogP) is 3.10. The van der Waals surface area contributed by atoms with Gasteiger partial charge in [0.05, 0.1) is 12.7 Å². The van der Waals surface area contributed by atoms with Crippen LogP contribution in [0, 0.1) is 17.5 Å². The van der Waals surface area contributed by atoms with Crippen molar-refractivity contribution in [1.82, 2.24) is 9.55 Å². The molecule has 0 spiro atoms. The topological polar surface area (TPSA) is 29.9 Å². The normalized spacial score (nSPS) is 10.7. The maximum absolute atomic E-state index is 13.3. The molecular formula is C11H9ClF3N3. The highest BCUT2D eigenvalue weighted by Crippen LogP contribution is 2.21. The first-order chi connectivity index (χ1) is 8.49. The van der Waals surface area contributed by atoms with Crippen LogP contribution in [0.4, 0.5) is 18.9 Å². The van der Waals surface area contributed by atoms with Crippen LogP contribution in [0.5, 0.6) is 0 Å². The molecule has 2 rings (SSSR count). The van der Waals surface area contributed by atoms with E-state index in [1.165, 1.54) is 6.20 Å². The lowest BCUT2D eigenvalue weighted by Crippen LogP contribution is -2.09. The number of imidazole rings is 1. The highest BCUT2D eigenvalue weighted by atomic mass is 35.5. The molecule has 96 valence electrons. The van der Waals surface area contributed by atoms with Crippen molar-refractivity contribution in [2.75, 3.05) is 5.32 Å². The maximum atomic E-state index is 13.3. The molecule has 1 aromatic carbocycles. The average molecular weight is 276 g/mol. The summed E-state index contributed by atoms with van der Waals surface area (Å²) in [6.07, 6.45) is 1.43.